The van der Waals surface area contributed by atoms with E-state index in [1.165, 1.54) is 6.20 Å². The van der Waals surface area contributed by atoms with Crippen LogP contribution in [0.25, 0.3) is 0 Å². The van der Waals surface area contributed by atoms with Crippen molar-refractivity contribution in [1.29, 1.82) is 0 Å². The van der Waals surface area contributed by atoms with E-state index in [2.05, 4.69) is 15.3 Å². The van der Waals surface area contributed by atoms with E-state index in [9.17, 15) is 4.79 Å². The first kappa shape index (κ1) is 19.8. The van der Waals surface area contributed by atoms with Crippen molar-refractivity contribution in [3.8, 4) is 5.75 Å². The van der Waals surface area contributed by atoms with Gasteiger partial charge in [0.25, 0.3) is 5.91 Å². The number of pyridine rings is 2. The van der Waals surface area contributed by atoms with Crippen LogP contribution < -0.4 is 15.0 Å². The molecule has 0 saturated carbocycles. The maximum absolute atomic E-state index is 12.5. The van der Waals surface area contributed by atoms with Crippen LogP contribution >= 0.6 is 12.2 Å². The fourth-order valence-electron chi connectivity index (χ4n) is 2.38. The van der Waals surface area contributed by atoms with E-state index in [0.717, 1.165) is 11.4 Å². The van der Waals surface area contributed by atoms with E-state index in [0.29, 0.717) is 5.75 Å². The lowest BCUT2D eigenvalue weighted by Gasteiger charge is -2.29. The van der Waals surface area contributed by atoms with Crippen LogP contribution in [0.1, 0.15) is 43.7 Å². The zero-order valence-corrected chi connectivity index (χ0v) is 16.5. The molecule has 7 heteroatoms. The minimum atomic E-state index is -0.370. The lowest BCUT2D eigenvalue weighted by Crippen LogP contribution is -2.47. The van der Waals surface area contributed by atoms with Gasteiger partial charge >= 0.3 is 0 Å². The van der Waals surface area contributed by atoms with Gasteiger partial charge in [0.05, 0.1) is 12.3 Å². The molecule has 0 radical (unpaired) electrons. The lowest BCUT2D eigenvalue weighted by atomic mass is 10.2. The molecule has 1 N–H and O–H groups in total. The van der Waals surface area contributed by atoms with Gasteiger partial charge in [-0.05, 0) is 70.6 Å². The molecular weight excluding hydrogens is 348 g/mol. The molecule has 2 rings (SSSR count). The van der Waals surface area contributed by atoms with Gasteiger partial charge < -0.3 is 9.64 Å². The van der Waals surface area contributed by atoms with Gasteiger partial charge in [0.1, 0.15) is 17.3 Å². The average molecular weight is 372 g/mol. The van der Waals surface area contributed by atoms with E-state index in [1.54, 1.807) is 18.3 Å². The second kappa shape index (κ2) is 8.71. The Kier molecular flexibility index (Phi) is 6.63. The fraction of sp³-hybridized carbons (Fsp3) is 0.368. The van der Waals surface area contributed by atoms with Crippen molar-refractivity contribution in [2.24, 2.45) is 0 Å². The third-order valence-electron chi connectivity index (χ3n) is 3.51. The van der Waals surface area contributed by atoms with Crippen LogP contribution in [0, 0.1) is 6.92 Å². The molecule has 2 heterocycles. The molecule has 0 atom stereocenters. The first-order valence-corrected chi connectivity index (χ1v) is 8.89. The van der Waals surface area contributed by atoms with Crippen molar-refractivity contribution in [2.75, 3.05) is 4.90 Å². The standard InChI is InChI=1S/C19H24N4O2S/c1-12(2)23(17-14(5)7-6-10-20-17)19(26)22-18(24)16-9-8-15(11-21-16)25-13(3)4/h6-13H,1-5H3,(H,22,24,26). The number of hydrogen-bond acceptors (Lipinski definition) is 5. The monoisotopic (exact) mass is 372 g/mol. The average Bonchev–Trinajstić information content (AvgIpc) is 2.56. The highest BCUT2D eigenvalue weighted by molar-refractivity contribution is 7.80. The van der Waals surface area contributed by atoms with E-state index in [1.807, 2.05) is 51.7 Å². The summed E-state index contributed by atoms with van der Waals surface area (Å²) in [4.78, 5) is 22.8. The Morgan fingerprint density at radius 2 is 1.92 bits per heavy atom. The highest BCUT2D eigenvalue weighted by Gasteiger charge is 2.21. The number of ether oxygens (including phenoxy) is 1. The van der Waals surface area contributed by atoms with Crippen molar-refractivity contribution < 1.29 is 9.53 Å². The number of aromatic nitrogens is 2. The number of hydrogen-bond donors (Lipinski definition) is 1. The lowest BCUT2D eigenvalue weighted by molar-refractivity contribution is 0.0972. The summed E-state index contributed by atoms with van der Waals surface area (Å²) in [5.41, 5.74) is 1.25. The third kappa shape index (κ3) is 4.98. The summed E-state index contributed by atoms with van der Waals surface area (Å²) < 4.78 is 5.53. The summed E-state index contributed by atoms with van der Waals surface area (Å²) in [5.74, 6) is 0.971. The third-order valence-corrected chi connectivity index (χ3v) is 3.81. The van der Waals surface area contributed by atoms with Gasteiger partial charge in [0.2, 0.25) is 0 Å². The van der Waals surface area contributed by atoms with Crippen LogP contribution in [0.2, 0.25) is 0 Å². The molecule has 0 aliphatic heterocycles. The smallest absolute Gasteiger partial charge is 0.276 e. The van der Waals surface area contributed by atoms with Crippen molar-refractivity contribution in [2.45, 2.75) is 46.8 Å². The van der Waals surface area contributed by atoms with Crippen molar-refractivity contribution in [3.63, 3.8) is 0 Å². The molecule has 0 aliphatic rings. The van der Waals surface area contributed by atoms with Gasteiger partial charge in [-0.2, -0.15) is 0 Å². The normalized spacial score (nSPS) is 10.7. The Morgan fingerprint density at radius 1 is 1.19 bits per heavy atom. The molecule has 6 nitrogen and oxygen atoms in total. The van der Waals surface area contributed by atoms with E-state index in [-0.39, 0.29) is 28.9 Å². The highest BCUT2D eigenvalue weighted by atomic mass is 32.1. The molecule has 0 aromatic carbocycles. The molecule has 0 saturated heterocycles. The maximum atomic E-state index is 12.5. The molecule has 0 fully saturated rings. The fourth-order valence-corrected chi connectivity index (χ4v) is 2.77. The quantitative estimate of drug-likeness (QED) is 0.810. The molecule has 2 aromatic rings. The van der Waals surface area contributed by atoms with E-state index >= 15 is 0 Å². The molecule has 1 amide bonds. The van der Waals surface area contributed by atoms with Gasteiger partial charge in [0, 0.05) is 12.2 Å². The molecule has 26 heavy (non-hydrogen) atoms. The summed E-state index contributed by atoms with van der Waals surface area (Å²) in [6, 6.07) is 7.18. The number of carbonyl (C=O) groups excluding carboxylic acids is 1. The second-order valence-electron chi connectivity index (χ2n) is 6.41. The van der Waals surface area contributed by atoms with Crippen LogP contribution in [0.5, 0.6) is 5.75 Å². The van der Waals surface area contributed by atoms with Gasteiger partial charge in [0.15, 0.2) is 5.11 Å². The molecular formula is C19H24N4O2S. The predicted molar refractivity (Wildman–Crippen MR) is 107 cm³/mol. The molecule has 0 bridgehead atoms. The molecule has 0 spiro atoms. The summed E-state index contributed by atoms with van der Waals surface area (Å²) in [5, 5.41) is 3.03. The first-order valence-electron chi connectivity index (χ1n) is 8.48. The number of nitrogens with zero attached hydrogens (tertiary/aromatic N) is 3. The highest BCUT2D eigenvalue weighted by Crippen LogP contribution is 2.19. The van der Waals surface area contributed by atoms with Crippen LogP contribution in [-0.4, -0.2) is 33.1 Å². The Labute approximate surface area is 159 Å². The number of nitrogens with one attached hydrogen (secondary N) is 1. The summed E-state index contributed by atoms with van der Waals surface area (Å²) in [7, 11) is 0. The van der Waals surface area contributed by atoms with Gasteiger partial charge in [-0.3, -0.25) is 10.1 Å². The number of rotatable bonds is 5. The largest absolute Gasteiger partial charge is 0.489 e. The first-order chi connectivity index (χ1) is 12.3. The van der Waals surface area contributed by atoms with E-state index < -0.39 is 0 Å². The minimum Gasteiger partial charge on any atom is -0.489 e. The number of aryl methyl sites for hydroxylation is 1. The van der Waals surface area contributed by atoms with Crippen LogP contribution in [0.15, 0.2) is 36.7 Å². The molecule has 0 aliphatic carbocycles. The Hall–Kier alpha value is -2.54. The number of anilines is 1. The number of thiocarbonyl (C=S) groups is 1. The van der Waals surface area contributed by atoms with Crippen LogP contribution in [0.3, 0.4) is 0 Å². The Balaban J connectivity index is 2.14. The summed E-state index contributed by atoms with van der Waals surface area (Å²) >= 11 is 5.45. The van der Waals surface area contributed by atoms with E-state index in [4.69, 9.17) is 17.0 Å². The number of amides is 1. The molecule has 2 aromatic heterocycles. The number of carbonyl (C=O) groups is 1. The maximum Gasteiger partial charge on any atom is 0.276 e. The summed E-state index contributed by atoms with van der Waals surface area (Å²) in [6.45, 7) is 9.79. The second-order valence-corrected chi connectivity index (χ2v) is 6.80. The van der Waals surface area contributed by atoms with Gasteiger partial charge in [-0.25, -0.2) is 9.97 Å². The summed E-state index contributed by atoms with van der Waals surface area (Å²) in [6.07, 6.45) is 3.28. The minimum absolute atomic E-state index is 0.0335. The zero-order valence-electron chi connectivity index (χ0n) is 15.7. The van der Waals surface area contributed by atoms with Gasteiger partial charge in [-0.15, -0.1) is 0 Å². The molecule has 138 valence electrons. The molecule has 0 unspecified atom stereocenters. The van der Waals surface area contributed by atoms with Crippen molar-refractivity contribution in [1.82, 2.24) is 15.3 Å². The SMILES string of the molecule is Cc1cccnc1N(C(=S)NC(=O)c1ccc(OC(C)C)cn1)C(C)C. The van der Waals surface area contributed by atoms with Gasteiger partial charge in [-0.1, -0.05) is 6.07 Å². The Bertz CT molecular complexity index is 775. The topological polar surface area (TPSA) is 67.4 Å². The Morgan fingerprint density at radius 3 is 2.46 bits per heavy atom. The zero-order chi connectivity index (χ0) is 19.3. The van der Waals surface area contributed by atoms with Crippen molar-refractivity contribution in [3.05, 3.63) is 47.9 Å². The van der Waals surface area contributed by atoms with Crippen molar-refractivity contribution >= 4 is 29.1 Å². The van der Waals surface area contributed by atoms with Crippen LogP contribution in [0.4, 0.5) is 5.82 Å². The van der Waals surface area contributed by atoms with Crippen LogP contribution in [-0.2, 0) is 0 Å². The predicted octanol–water partition coefficient (Wildman–Crippen LogP) is 3.50.